The third-order valence-electron chi connectivity index (χ3n) is 4.57. The smallest absolute Gasteiger partial charge is 0.315 e. The number of hydrogen-bond donors (Lipinski definition) is 2. The lowest BCUT2D eigenvalue weighted by Gasteiger charge is -2.35. The highest BCUT2D eigenvalue weighted by molar-refractivity contribution is 5.74. The van der Waals surface area contributed by atoms with Crippen molar-refractivity contribution in [2.45, 2.75) is 45.7 Å². The number of carbonyl (C=O) groups is 1. The molecule has 1 fully saturated rings. The number of nitrogens with one attached hydrogen (secondary N) is 2. The van der Waals surface area contributed by atoms with Gasteiger partial charge in [0.2, 0.25) is 0 Å². The number of urea groups is 1. The molecule has 2 amide bonds. The Morgan fingerprint density at radius 1 is 1.41 bits per heavy atom. The Morgan fingerprint density at radius 3 is 2.68 bits per heavy atom. The van der Waals surface area contributed by atoms with Gasteiger partial charge in [0.1, 0.15) is 0 Å². The number of aryl methyl sites for hydroxylation is 1. The van der Waals surface area contributed by atoms with Gasteiger partial charge in [-0.2, -0.15) is 5.10 Å². The van der Waals surface area contributed by atoms with Crippen LogP contribution in [0.2, 0.25) is 0 Å². The topological polar surface area (TPSA) is 62.2 Å². The van der Waals surface area contributed by atoms with E-state index in [-0.39, 0.29) is 12.1 Å². The zero-order chi connectivity index (χ0) is 16.1. The summed E-state index contributed by atoms with van der Waals surface area (Å²) in [5.74, 6) is 0.833. The van der Waals surface area contributed by atoms with E-state index in [1.807, 2.05) is 20.2 Å². The summed E-state index contributed by atoms with van der Waals surface area (Å²) in [6.07, 6.45) is 6.22. The molecule has 6 nitrogen and oxygen atoms in total. The number of carbonyl (C=O) groups excluding carboxylic acids is 1. The molecular weight excluding hydrogens is 278 g/mol. The van der Waals surface area contributed by atoms with E-state index in [1.54, 1.807) is 10.9 Å². The van der Waals surface area contributed by atoms with Gasteiger partial charge >= 0.3 is 6.03 Å². The maximum absolute atomic E-state index is 12.0. The summed E-state index contributed by atoms with van der Waals surface area (Å²) in [6, 6.07) is 0.223. The Kier molecular flexibility index (Phi) is 5.83. The van der Waals surface area contributed by atoms with Gasteiger partial charge in [-0.15, -0.1) is 0 Å². The second kappa shape index (κ2) is 7.63. The zero-order valence-corrected chi connectivity index (χ0v) is 14.2. The van der Waals surface area contributed by atoms with Crippen LogP contribution in [0.5, 0.6) is 0 Å². The molecular formula is C16H29N5O. The molecule has 1 aromatic rings. The van der Waals surface area contributed by atoms with E-state index >= 15 is 0 Å². The maximum Gasteiger partial charge on any atom is 0.315 e. The minimum Gasteiger partial charge on any atom is -0.337 e. The summed E-state index contributed by atoms with van der Waals surface area (Å²) < 4.78 is 1.74. The average molecular weight is 307 g/mol. The summed E-state index contributed by atoms with van der Waals surface area (Å²) in [5, 5.41) is 10.1. The second-order valence-electron chi connectivity index (χ2n) is 6.59. The van der Waals surface area contributed by atoms with Crippen molar-refractivity contribution in [1.82, 2.24) is 25.3 Å². The van der Waals surface area contributed by atoms with Crippen molar-refractivity contribution in [3.05, 3.63) is 18.0 Å². The predicted molar refractivity (Wildman–Crippen MR) is 87.6 cm³/mol. The summed E-state index contributed by atoms with van der Waals surface area (Å²) >= 11 is 0. The number of hydrogen-bond acceptors (Lipinski definition) is 3. The monoisotopic (exact) mass is 307 g/mol. The molecule has 22 heavy (non-hydrogen) atoms. The quantitative estimate of drug-likeness (QED) is 0.873. The van der Waals surface area contributed by atoms with Crippen molar-refractivity contribution in [2.24, 2.45) is 13.0 Å². The first kappa shape index (κ1) is 16.8. The normalized spacial score (nSPS) is 19.6. The highest BCUT2D eigenvalue weighted by atomic mass is 16.2. The maximum atomic E-state index is 12.0. The Balaban J connectivity index is 1.70. The Morgan fingerprint density at radius 2 is 2.09 bits per heavy atom. The molecule has 0 radical (unpaired) electrons. The first-order valence-electron chi connectivity index (χ1n) is 8.22. The van der Waals surface area contributed by atoms with Gasteiger partial charge in [0.15, 0.2) is 0 Å². The fourth-order valence-electron chi connectivity index (χ4n) is 2.83. The van der Waals surface area contributed by atoms with Crippen LogP contribution >= 0.6 is 0 Å². The van der Waals surface area contributed by atoms with Crippen LogP contribution in [0.15, 0.2) is 12.4 Å². The summed E-state index contributed by atoms with van der Waals surface area (Å²) in [5.41, 5.74) is 1.01. The van der Waals surface area contributed by atoms with Crippen LogP contribution in [-0.2, 0) is 7.05 Å². The molecule has 2 N–H and O–H groups in total. The van der Waals surface area contributed by atoms with Crippen LogP contribution in [-0.4, -0.2) is 46.4 Å². The van der Waals surface area contributed by atoms with Gasteiger partial charge in [0, 0.05) is 31.4 Å². The van der Waals surface area contributed by atoms with Gasteiger partial charge < -0.3 is 10.6 Å². The summed E-state index contributed by atoms with van der Waals surface area (Å²) in [6.45, 7) is 9.41. The van der Waals surface area contributed by atoms with Gasteiger partial charge in [0.05, 0.1) is 12.2 Å². The molecule has 1 aliphatic rings. The van der Waals surface area contributed by atoms with Gasteiger partial charge in [-0.3, -0.25) is 9.58 Å². The molecule has 2 rings (SSSR count). The van der Waals surface area contributed by atoms with Crippen LogP contribution in [0.4, 0.5) is 4.79 Å². The summed E-state index contributed by atoms with van der Waals surface area (Å²) in [7, 11) is 1.87. The lowest BCUT2D eigenvalue weighted by atomic mass is 9.98. The zero-order valence-electron chi connectivity index (χ0n) is 14.2. The lowest BCUT2D eigenvalue weighted by molar-refractivity contribution is 0.145. The average Bonchev–Trinajstić information content (AvgIpc) is 2.92. The van der Waals surface area contributed by atoms with Crippen LogP contribution in [0.3, 0.4) is 0 Å². The van der Waals surface area contributed by atoms with E-state index in [0.29, 0.717) is 12.6 Å². The number of likely N-dealkylation sites (tertiary alicyclic amines) is 1. The van der Waals surface area contributed by atoms with E-state index in [2.05, 4.69) is 34.5 Å². The third kappa shape index (κ3) is 4.73. The lowest BCUT2D eigenvalue weighted by Crippen LogP contribution is -2.47. The number of piperidine rings is 1. The van der Waals surface area contributed by atoms with Crippen molar-refractivity contribution in [2.75, 3.05) is 19.6 Å². The molecule has 0 aromatic carbocycles. The SMILES string of the molecule is CC1CCN([C@@H](C)CNC(=O)N[C@H](C)c2cnn(C)c2)CC1. The molecule has 2 heterocycles. The second-order valence-corrected chi connectivity index (χ2v) is 6.59. The van der Waals surface area contributed by atoms with Gasteiger partial charge in [-0.25, -0.2) is 4.79 Å². The third-order valence-corrected chi connectivity index (χ3v) is 4.57. The van der Waals surface area contributed by atoms with Gasteiger partial charge in [-0.05, 0) is 45.7 Å². The number of rotatable bonds is 5. The molecule has 124 valence electrons. The Bertz CT molecular complexity index is 479. The first-order chi connectivity index (χ1) is 10.5. The standard InChI is InChI=1S/C16H29N5O/c1-12-5-7-21(8-6-12)13(2)9-17-16(22)19-14(3)15-10-18-20(4)11-15/h10-14H,5-9H2,1-4H3,(H2,17,19,22)/t13-,14+/m0/s1. The van der Waals surface area contributed by atoms with Crippen molar-refractivity contribution in [3.63, 3.8) is 0 Å². The highest BCUT2D eigenvalue weighted by Crippen LogP contribution is 2.17. The molecule has 2 atom stereocenters. The molecule has 1 aliphatic heterocycles. The fourth-order valence-corrected chi connectivity index (χ4v) is 2.83. The molecule has 0 bridgehead atoms. The number of amides is 2. The van der Waals surface area contributed by atoms with E-state index in [9.17, 15) is 4.79 Å². The minimum absolute atomic E-state index is 0.0418. The predicted octanol–water partition coefficient (Wildman–Crippen LogP) is 1.90. The molecule has 6 heteroatoms. The van der Waals surface area contributed by atoms with Crippen LogP contribution in [0.25, 0.3) is 0 Å². The highest BCUT2D eigenvalue weighted by Gasteiger charge is 2.20. The molecule has 1 saturated heterocycles. The van der Waals surface area contributed by atoms with E-state index in [1.165, 1.54) is 12.8 Å². The van der Waals surface area contributed by atoms with E-state index in [0.717, 1.165) is 24.6 Å². The van der Waals surface area contributed by atoms with Crippen molar-refractivity contribution in [3.8, 4) is 0 Å². The minimum atomic E-state index is -0.117. The van der Waals surface area contributed by atoms with Crippen molar-refractivity contribution >= 4 is 6.03 Å². The van der Waals surface area contributed by atoms with Crippen LogP contribution in [0, 0.1) is 5.92 Å². The fraction of sp³-hybridized carbons (Fsp3) is 0.750. The molecule has 1 aromatic heterocycles. The van der Waals surface area contributed by atoms with Gasteiger partial charge in [-0.1, -0.05) is 6.92 Å². The van der Waals surface area contributed by atoms with E-state index in [4.69, 9.17) is 0 Å². The first-order valence-corrected chi connectivity index (χ1v) is 8.22. The Hall–Kier alpha value is -1.56. The molecule has 0 aliphatic carbocycles. The molecule has 0 spiro atoms. The Labute approximate surface area is 133 Å². The van der Waals surface area contributed by atoms with E-state index < -0.39 is 0 Å². The number of aromatic nitrogens is 2. The van der Waals surface area contributed by atoms with Crippen molar-refractivity contribution < 1.29 is 4.79 Å². The largest absolute Gasteiger partial charge is 0.337 e. The molecule has 0 saturated carbocycles. The van der Waals surface area contributed by atoms with Gasteiger partial charge in [0.25, 0.3) is 0 Å². The van der Waals surface area contributed by atoms with Crippen LogP contribution < -0.4 is 10.6 Å². The van der Waals surface area contributed by atoms with Crippen LogP contribution in [0.1, 0.15) is 45.2 Å². The summed E-state index contributed by atoms with van der Waals surface area (Å²) in [4.78, 5) is 14.5. The number of nitrogens with zero attached hydrogens (tertiary/aromatic N) is 3. The molecule has 0 unspecified atom stereocenters. The van der Waals surface area contributed by atoms with Crippen molar-refractivity contribution in [1.29, 1.82) is 0 Å².